The molecule has 1 aromatic carbocycles. The molecule has 0 spiro atoms. The van der Waals surface area contributed by atoms with Gasteiger partial charge in [-0.1, -0.05) is 36.6 Å². The first-order chi connectivity index (χ1) is 9.50. The summed E-state index contributed by atoms with van der Waals surface area (Å²) in [6.45, 7) is 0.286. The van der Waals surface area contributed by atoms with E-state index < -0.39 is 5.60 Å². The highest BCUT2D eigenvalue weighted by Gasteiger charge is 2.33. The van der Waals surface area contributed by atoms with Crippen molar-refractivity contribution in [1.29, 1.82) is 0 Å². The number of ether oxygens (including phenoxy) is 1. The zero-order chi connectivity index (χ0) is 14.6. The molecule has 1 aliphatic rings. The number of hydrogen-bond acceptors (Lipinski definition) is 3. The number of para-hydroxylation sites is 1. The smallest absolute Gasteiger partial charge is 0.260 e. The van der Waals surface area contributed by atoms with Gasteiger partial charge < -0.3 is 14.7 Å². The minimum atomic E-state index is -0.727. The van der Waals surface area contributed by atoms with Crippen LogP contribution in [0.1, 0.15) is 25.7 Å². The molecule has 1 saturated carbocycles. The van der Waals surface area contributed by atoms with Crippen LogP contribution in [0, 0.1) is 0 Å². The van der Waals surface area contributed by atoms with Gasteiger partial charge in [-0.25, -0.2) is 0 Å². The SMILES string of the molecule is CN(CC1(O)CCCC1)C(=O)COc1ccccc1Cl. The number of amides is 1. The Bertz CT molecular complexity index is 472. The molecule has 1 fully saturated rings. The average Bonchev–Trinajstić information content (AvgIpc) is 2.84. The van der Waals surface area contributed by atoms with Crippen molar-refractivity contribution >= 4 is 17.5 Å². The Balaban J connectivity index is 1.84. The fourth-order valence-corrected chi connectivity index (χ4v) is 2.72. The van der Waals surface area contributed by atoms with E-state index in [-0.39, 0.29) is 12.5 Å². The van der Waals surface area contributed by atoms with Crippen LogP contribution in [0.3, 0.4) is 0 Å². The van der Waals surface area contributed by atoms with E-state index in [1.165, 1.54) is 4.90 Å². The molecule has 0 atom stereocenters. The zero-order valence-electron chi connectivity index (χ0n) is 11.6. The minimum Gasteiger partial charge on any atom is -0.482 e. The van der Waals surface area contributed by atoms with Crippen molar-refractivity contribution in [2.45, 2.75) is 31.3 Å². The standard InChI is InChI=1S/C15H20ClNO3/c1-17(11-15(19)8-4-5-9-15)14(18)10-20-13-7-3-2-6-12(13)16/h2-3,6-7,19H,4-5,8-11H2,1H3. The third-order valence-corrected chi connectivity index (χ3v) is 3.99. The fraction of sp³-hybridized carbons (Fsp3) is 0.533. The molecule has 5 heteroatoms. The number of hydrogen-bond donors (Lipinski definition) is 1. The molecule has 110 valence electrons. The van der Waals surface area contributed by atoms with Gasteiger partial charge in [0.25, 0.3) is 5.91 Å². The number of likely N-dealkylation sites (N-methyl/N-ethyl adjacent to an activating group) is 1. The third kappa shape index (κ3) is 3.87. The van der Waals surface area contributed by atoms with E-state index in [0.29, 0.717) is 17.3 Å². The number of carbonyl (C=O) groups excluding carboxylic acids is 1. The second-order valence-corrected chi connectivity index (χ2v) is 5.81. The normalized spacial score (nSPS) is 16.9. The lowest BCUT2D eigenvalue weighted by molar-refractivity contribution is -0.135. The summed E-state index contributed by atoms with van der Waals surface area (Å²) in [5.41, 5.74) is -0.727. The Morgan fingerprint density at radius 3 is 2.70 bits per heavy atom. The third-order valence-electron chi connectivity index (χ3n) is 3.68. The van der Waals surface area contributed by atoms with E-state index in [4.69, 9.17) is 16.3 Å². The number of benzene rings is 1. The molecule has 0 saturated heterocycles. The van der Waals surface area contributed by atoms with Gasteiger partial charge in [0.2, 0.25) is 0 Å². The highest BCUT2D eigenvalue weighted by atomic mass is 35.5. The predicted octanol–water partition coefficient (Wildman–Crippen LogP) is 2.48. The summed E-state index contributed by atoms with van der Waals surface area (Å²) in [4.78, 5) is 13.5. The largest absolute Gasteiger partial charge is 0.482 e. The van der Waals surface area contributed by atoms with Gasteiger partial charge in [0.1, 0.15) is 5.75 Å². The highest BCUT2D eigenvalue weighted by Crippen LogP contribution is 2.30. The Morgan fingerprint density at radius 2 is 2.05 bits per heavy atom. The van der Waals surface area contributed by atoms with Crippen molar-refractivity contribution < 1.29 is 14.6 Å². The molecule has 1 N–H and O–H groups in total. The monoisotopic (exact) mass is 297 g/mol. The van der Waals surface area contributed by atoms with Gasteiger partial charge in [-0.2, -0.15) is 0 Å². The number of halogens is 1. The van der Waals surface area contributed by atoms with E-state index in [1.807, 2.05) is 0 Å². The van der Waals surface area contributed by atoms with Crippen LogP contribution in [0.25, 0.3) is 0 Å². The number of rotatable bonds is 5. The van der Waals surface area contributed by atoms with Crippen LogP contribution in [-0.4, -0.2) is 41.7 Å². The van der Waals surface area contributed by atoms with Crippen LogP contribution in [0.5, 0.6) is 5.75 Å². The molecular formula is C15H20ClNO3. The van der Waals surface area contributed by atoms with E-state index in [1.54, 1.807) is 31.3 Å². The van der Waals surface area contributed by atoms with Crippen LogP contribution < -0.4 is 4.74 Å². The molecule has 0 aliphatic heterocycles. The van der Waals surface area contributed by atoms with Crippen LogP contribution in [0.4, 0.5) is 0 Å². The fourth-order valence-electron chi connectivity index (χ4n) is 2.53. The number of carbonyl (C=O) groups is 1. The molecule has 1 amide bonds. The van der Waals surface area contributed by atoms with Crippen molar-refractivity contribution in [3.63, 3.8) is 0 Å². The zero-order valence-corrected chi connectivity index (χ0v) is 12.4. The summed E-state index contributed by atoms with van der Waals surface area (Å²) in [5.74, 6) is 0.334. The Labute approximate surface area is 124 Å². The summed E-state index contributed by atoms with van der Waals surface area (Å²) in [7, 11) is 1.69. The summed E-state index contributed by atoms with van der Waals surface area (Å²) in [6.07, 6.45) is 3.56. The maximum Gasteiger partial charge on any atom is 0.260 e. The summed E-state index contributed by atoms with van der Waals surface area (Å²) < 4.78 is 5.41. The summed E-state index contributed by atoms with van der Waals surface area (Å²) in [5, 5.41) is 10.8. The first kappa shape index (κ1) is 15.1. The van der Waals surface area contributed by atoms with Crippen molar-refractivity contribution in [2.75, 3.05) is 20.2 Å². The summed E-state index contributed by atoms with van der Waals surface area (Å²) >= 11 is 5.96. The van der Waals surface area contributed by atoms with Gasteiger partial charge in [0, 0.05) is 13.6 Å². The van der Waals surface area contributed by atoms with Crippen molar-refractivity contribution in [2.24, 2.45) is 0 Å². The maximum atomic E-state index is 12.0. The first-order valence-electron chi connectivity index (χ1n) is 6.84. The topological polar surface area (TPSA) is 49.8 Å². The molecule has 0 bridgehead atoms. The van der Waals surface area contributed by atoms with E-state index in [0.717, 1.165) is 25.7 Å². The van der Waals surface area contributed by atoms with E-state index in [2.05, 4.69) is 0 Å². The molecule has 0 radical (unpaired) electrons. The maximum absolute atomic E-state index is 12.0. The van der Waals surface area contributed by atoms with Crippen LogP contribution in [0.2, 0.25) is 5.02 Å². The van der Waals surface area contributed by atoms with Gasteiger partial charge in [-0.05, 0) is 25.0 Å². The molecule has 0 unspecified atom stereocenters. The first-order valence-corrected chi connectivity index (χ1v) is 7.22. The Hall–Kier alpha value is -1.26. The molecule has 1 aromatic rings. The molecule has 2 rings (SSSR count). The molecule has 1 aliphatic carbocycles. The second kappa shape index (κ2) is 6.46. The molecular weight excluding hydrogens is 278 g/mol. The molecule has 0 aromatic heterocycles. The van der Waals surface area contributed by atoms with Crippen molar-refractivity contribution in [3.05, 3.63) is 29.3 Å². The van der Waals surface area contributed by atoms with Gasteiger partial charge >= 0.3 is 0 Å². The predicted molar refractivity (Wildman–Crippen MR) is 78.0 cm³/mol. The Kier molecular flexibility index (Phi) is 4.89. The van der Waals surface area contributed by atoms with Crippen molar-refractivity contribution in [3.8, 4) is 5.75 Å². The van der Waals surface area contributed by atoms with E-state index in [9.17, 15) is 9.90 Å². The van der Waals surface area contributed by atoms with Crippen LogP contribution in [0.15, 0.2) is 24.3 Å². The quantitative estimate of drug-likeness (QED) is 0.908. The lowest BCUT2D eigenvalue weighted by atomic mass is 10.0. The van der Waals surface area contributed by atoms with Gasteiger partial charge in [0.05, 0.1) is 10.6 Å². The van der Waals surface area contributed by atoms with E-state index >= 15 is 0 Å². The molecule has 0 heterocycles. The van der Waals surface area contributed by atoms with Crippen molar-refractivity contribution in [1.82, 2.24) is 4.90 Å². The lowest BCUT2D eigenvalue weighted by Crippen LogP contribution is -2.43. The highest BCUT2D eigenvalue weighted by molar-refractivity contribution is 6.32. The van der Waals surface area contributed by atoms with Gasteiger partial charge in [-0.3, -0.25) is 4.79 Å². The van der Waals surface area contributed by atoms with Gasteiger partial charge in [0.15, 0.2) is 6.61 Å². The molecule has 4 nitrogen and oxygen atoms in total. The Morgan fingerprint density at radius 1 is 1.40 bits per heavy atom. The average molecular weight is 298 g/mol. The second-order valence-electron chi connectivity index (χ2n) is 5.40. The lowest BCUT2D eigenvalue weighted by Gasteiger charge is -2.28. The minimum absolute atomic E-state index is 0.0731. The molecule has 20 heavy (non-hydrogen) atoms. The van der Waals surface area contributed by atoms with Gasteiger partial charge in [-0.15, -0.1) is 0 Å². The number of aliphatic hydroxyl groups is 1. The van der Waals surface area contributed by atoms with Crippen LogP contribution in [-0.2, 0) is 4.79 Å². The summed E-state index contributed by atoms with van der Waals surface area (Å²) in [6, 6.07) is 7.04. The number of nitrogens with zero attached hydrogens (tertiary/aromatic N) is 1. The van der Waals surface area contributed by atoms with Crippen LogP contribution >= 0.6 is 11.6 Å².